The molecule has 3 fully saturated rings. The topological polar surface area (TPSA) is 54.9 Å². The molecule has 4 heteroatoms. The van der Waals surface area contributed by atoms with Crippen LogP contribution in [0.2, 0.25) is 0 Å². The average molecular weight is 366 g/mol. The molecule has 144 valence electrons. The van der Waals surface area contributed by atoms with Crippen molar-refractivity contribution >= 4 is 11.5 Å². The van der Waals surface area contributed by atoms with E-state index in [1.807, 2.05) is 12.4 Å². The van der Waals surface area contributed by atoms with Gasteiger partial charge in [-0.15, -0.1) is 0 Å². The molecule has 4 aliphatic rings. The first-order valence-electron chi connectivity index (χ1n) is 10.8. The summed E-state index contributed by atoms with van der Waals surface area (Å²) < 4.78 is 0. The van der Waals surface area contributed by atoms with Gasteiger partial charge in [0.2, 0.25) is 5.91 Å². The minimum atomic E-state index is 0.235. The molecular weight excluding hydrogens is 334 g/mol. The van der Waals surface area contributed by atoms with Gasteiger partial charge < -0.3 is 5.32 Å². The molecule has 1 aromatic rings. The van der Waals surface area contributed by atoms with Crippen molar-refractivity contribution in [2.45, 2.75) is 58.8 Å². The van der Waals surface area contributed by atoms with Crippen molar-refractivity contribution in [2.75, 3.05) is 6.54 Å². The zero-order chi connectivity index (χ0) is 18.6. The maximum Gasteiger partial charge on any atom is 0.220 e. The monoisotopic (exact) mass is 365 g/mol. The van der Waals surface area contributed by atoms with Crippen LogP contribution < -0.4 is 5.32 Å². The fourth-order valence-corrected chi connectivity index (χ4v) is 7.43. The van der Waals surface area contributed by atoms with E-state index in [1.165, 1.54) is 37.7 Å². The lowest BCUT2D eigenvalue weighted by molar-refractivity contribution is -0.124. The van der Waals surface area contributed by atoms with Crippen molar-refractivity contribution in [2.24, 2.45) is 34.5 Å². The molecule has 2 heterocycles. The predicted molar refractivity (Wildman–Crippen MR) is 106 cm³/mol. The van der Waals surface area contributed by atoms with Gasteiger partial charge in [-0.05, 0) is 78.6 Å². The van der Waals surface area contributed by atoms with Crippen LogP contribution in [0.5, 0.6) is 0 Å². The van der Waals surface area contributed by atoms with Crippen LogP contribution >= 0.6 is 0 Å². The van der Waals surface area contributed by atoms with Crippen LogP contribution in [0.25, 0.3) is 5.57 Å². The number of nitrogens with one attached hydrogen (secondary N) is 1. The molecule has 5 rings (SSSR count). The highest BCUT2D eigenvalue weighted by Gasteiger charge is 2.58. The summed E-state index contributed by atoms with van der Waals surface area (Å²) in [4.78, 5) is 21.1. The second-order valence-electron chi connectivity index (χ2n) is 9.86. The van der Waals surface area contributed by atoms with Crippen LogP contribution in [0.15, 0.2) is 24.7 Å². The summed E-state index contributed by atoms with van der Waals surface area (Å²) in [6.07, 6.45) is 16.1. The van der Waals surface area contributed by atoms with Crippen molar-refractivity contribution in [1.29, 1.82) is 0 Å². The van der Waals surface area contributed by atoms with Gasteiger partial charge in [0.05, 0.1) is 11.9 Å². The largest absolute Gasteiger partial charge is 0.356 e. The Hall–Kier alpha value is -1.71. The van der Waals surface area contributed by atoms with Crippen LogP contribution in [-0.4, -0.2) is 22.4 Å². The van der Waals surface area contributed by atoms with Crippen LogP contribution in [0.1, 0.15) is 64.5 Å². The molecule has 3 aliphatic carbocycles. The predicted octanol–water partition coefficient (Wildman–Crippen LogP) is 4.24. The lowest BCUT2D eigenvalue weighted by Gasteiger charge is -2.58. The average Bonchev–Trinajstić information content (AvgIpc) is 2.93. The molecule has 4 nitrogen and oxygen atoms in total. The summed E-state index contributed by atoms with van der Waals surface area (Å²) in [5, 5.41) is 3.14. The number of fused-ring (bicyclic) bond motifs is 5. The van der Waals surface area contributed by atoms with Gasteiger partial charge in [0.25, 0.3) is 0 Å². The first kappa shape index (κ1) is 17.4. The summed E-state index contributed by atoms with van der Waals surface area (Å²) in [5.74, 6) is 3.10. The van der Waals surface area contributed by atoms with Crippen LogP contribution in [0, 0.1) is 34.5 Å². The summed E-state index contributed by atoms with van der Waals surface area (Å²) in [6, 6.07) is 0. The van der Waals surface area contributed by atoms with Gasteiger partial charge in [0.15, 0.2) is 0 Å². The fraction of sp³-hybridized carbons (Fsp3) is 0.696. The third-order valence-corrected chi connectivity index (χ3v) is 8.90. The quantitative estimate of drug-likeness (QED) is 0.810. The van der Waals surface area contributed by atoms with E-state index >= 15 is 0 Å². The van der Waals surface area contributed by atoms with Crippen molar-refractivity contribution < 1.29 is 4.79 Å². The van der Waals surface area contributed by atoms with E-state index in [0.29, 0.717) is 11.3 Å². The normalized spacial score (nSPS) is 43.6. The zero-order valence-corrected chi connectivity index (χ0v) is 16.6. The molecule has 1 aromatic heterocycles. The standard InChI is InChI=1S/C23H31N3O/c1-22-9-10-26-21(27)13-15(22)3-4-16-17-5-6-19(20-14-24-11-12-25-20)23(17,2)8-7-18(16)22/h6,11-12,14-18H,3-5,7-10,13H2,1-2H3,(H,26,27). The second kappa shape index (κ2) is 6.15. The molecule has 1 amide bonds. The number of hydrogen-bond acceptors (Lipinski definition) is 3. The van der Waals surface area contributed by atoms with Crippen LogP contribution in [-0.2, 0) is 4.79 Å². The number of amides is 1. The Balaban J connectivity index is 1.45. The number of aromatic nitrogens is 2. The Bertz CT molecular complexity index is 775. The van der Waals surface area contributed by atoms with Gasteiger partial charge in [-0.3, -0.25) is 14.8 Å². The Morgan fingerprint density at radius 3 is 2.81 bits per heavy atom. The SMILES string of the molecule is CC12CCC3C(CCC4CC(=O)NCCC43C)C1CC=C2c1cnccn1. The molecule has 2 saturated carbocycles. The third kappa shape index (κ3) is 2.51. The minimum absolute atomic E-state index is 0.235. The first-order chi connectivity index (χ1) is 13.0. The summed E-state index contributed by atoms with van der Waals surface area (Å²) in [6.45, 7) is 5.84. The van der Waals surface area contributed by atoms with Crippen LogP contribution in [0.3, 0.4) is 0 Å². The van der Waals surface area contributed by atoms with E-state index in [9.17, 15) is 4.79 Å². The van der Waals surface area contributed by atoms with Crippen molar-refractivity contribution in [3.05, 3.63) is 30.4 Å². The number of hydrogen-bond donors (Lipinski definition) is 1. The van der Waals surface area contributed by atoms with E-state index in [0.717, 1.165) is 42.8 Å². The van der Waals surface area contributed by atoms with Gasteiger partial charge in [-0.1, -0.05) is 19.9 Å². The highest BCUT2D eigenvalue weighted by Crippen LogP contribution is 2.66. The Morgan fingerprint density at radius 2 is 2.00 bits per heavy atom. The van der Waals surface area contributed by atoms with Crippen molar-refractivity contribution in [3.8, 4) is 0 Å². The van der Waals surface area contributed by atoms with E-state index in [2.05, 4.69) is 35.2 Å². The number of nitrogens with zero attached hydrogens (tertiary/aromatic N) is 2. The maximum absolute atomic E-state index is 12.1. The second-order valence-corrected chi connectivity index (χ2v) is 9.86. The molecule has 6 atom stereocenters. The highest BCUT2D eigenvalue weighted by atomic mass is 16.1. The van der Waals surface area contributed by atoms with Gasteiger partial charge in [0, 0.05) is 25.4 Å². The Kier molecular flexibility index (Phi) is 3.96. The molecule has 6 unspecified atom stereocenters. The Morgan fingerprint density at radius 1 is 1.11 bits per heavy atom. The number of carbonyl (C=O) groups is 1. The lowest BCUT2D eigenvalue weighted by Crippen LogP contribution is -2.51. The molecule has 0 radical (unpaired) electrons. The molecule has 1 N–H and O–H groups in total. The fourth-order valence-electron chi connectivity index (χ4n) is 7.43. The van der Waals surface area contributed by atoms with Crippen LogP contribution in [0.4, 0.5) is 0 Å². The van der Waals surface area contributed by atoms with Crippen molar-refractivity contribution in [1.82, 2.24) is 15.3 Å². The Labute approximate surface area is 162 Å². The summed E-state index contributed by atoms with van der Waals surface area (Å²) >= 11 is 0. The smallest absolute Gasteiger partial charge is 0.220 e. The molecule has 27 heavy (non-hydrogen) atoms. The van der Waals surface area contributed by atoms with Gasteiger partial charge in [0.1, 0.15) is 0 Å². The number of allylic oxidation sites excluding steroid dienone is 2. The molecule has 0 spiro atoms. The highest BCUT2D eigenvalue weighted by molar-refractivity contribution is 5.76. The summed E-state index contributed by atoms with van der Waals surface area (Å²) in [5.41, 5.74) is 3.06. The summed E-state index contributed by atoms with van der Waals surface area (Å²) in [7, 11) is 0. The molecule has 0 aromatic carbocycles. The van der Waals surface area contributed by atoms with Crippen molar-refractivity contribution in [3.63, 3.8) is 0 Å². The third-order valence-electron chi connectivity index (χ3n) is 8.90. The molecule has 0 bridgehead atoms. The van der Waals surface area contributed by atoms with Gasteiger partial charge in [-0.25, -0.2) is 0 Å². The lowest BCUT2D eigenvalue weighted by atomic mass is 9.46. The van der Waals surface area contributed by atoms with E-state index < -0.39 is 0 Å². The zero-order valence-electron chi connectivity index (χ0n) is 16.6. The number of rotatable bonds is 1. The van der Waals surface area contributed by atoms with E-state index in [-0.39, 0.29) is 11.3 Å². The maximum atomic E-state index is 12.1. The van der Waals surface area contributed by atoms with E-state index in [4.69, 9.17) is 0 Å². The van der Waals surface area contributed by atoms with E-state index in [1.54, 1.807) is 6.20 Å². The molecule has 1 aliphatic heterocycles. The number of carbonyl (C=O) groups excluding carboxylic acids is 1. The van der Waals surface area contributed by atoms with Gasteiger partial charge in [-0.2, -0.15) is 0 Å². The molecular formula is C23H31N3O. The first-order valence-corrected chi connectivity index (χ1v) is 10.8. The minimum Gasteiger partial charge on any atom is -0.356 e. The molecule has 1 saturated heterocycles. The van der Waals surface area contributed by atoms with Gasteiger partial charge >= 0.3 is 0 Å².